The summed E-state index contributed by atoms with van der Waals surface area (Å²) < 4.78 is 4.63. The van der Waals surface area contributed by atoms with Gasteiger partial charge in [-0.15, -0.1) is 12.3 Å². The van der Waals surface area contributed by atoms with E-state index >= 15 is 0 Å². The zero-order chi connectivity index (χ0) is 9.68. The molecule has 1 N–H and O–H groups in total. The van der Waals surface area contributed by atoms with E-state index in [1.54, 1.807) is 0 Å². The van der Waals surface area contributed by atoms with Crippen molar-refractivity contribution in [2.75, 3.05) is 7.11 Å². The van der Waals surface area contributed by atoms with Crippen LogP contribution < -0.4 is 5.32 Å². The average molecular weight is 179 g/mol. The maximum atomic E-state index is 11.1. The van der Waals surface area contributed by atoms with Crippen molar-refractivity contribution in [3.63, 3.8) is 0 Å². The van der Waals surface area contributed by atoms with Gasteiger partial charge in [-0.2, -0.15) is 0 Å². The lowest BCUT2D eigenvalue weighted by atomic mass is 10.0. The quantitative estimate of drug-likeness (QED) is 0.380. The topological polar surface area (TPSA) is 38.3 Å². The smallest absolute Gasteiger partial charge is 0.323 e. The van der Waals surface area contributed by atoms with Gasteiger partial charge in [0.2, 0.25) is 0 Å². The molecule has 0 saturated carbocycles. The Morgan fingerprint density at radius 2 is 2.62 bits per heavy atom. The molecule has 1 rings (SSSR count). The molecule has 3 heteroatoms. The Labute approximate surface area is 78.2 Å². The van der Waals surface area contributed by atoms with Gasteiger partial charge in [-0.25, -0.2) is 0 Å². The molecule has 1 aliphatic heterocycles. The Kier molecular flexibility index (Phi) is 3.53. The summed E-state index contributed by atoms with van der Waals surface area (Å²) in [7, 11) is 1.39. The van der Waals surface area contributed by atoms with Crippen molar-refractivity contribution in [2.24, 2.45) is 0 Å². The van der Waals surface area contributed by atoms with Gasteiger partial charge in [0.15, 0.2) is 0 Å². The van der Waals surface area contributed by atoms with Gasteiger partial charge in [0, 0.05) is 12.5 Å². The van der Waals surface area contributed by atoms with Crippen LogP contribution in [-0.2, 0) is 9.53 Å². The van der Waals surface area contributed by atoms with Gasteiger partial charge in [-0.3, -0.25) is 10.1 Å². The Morgan fingerprint density at radius 3 is 3.23 bits per heavy atom. The van der Waals surface area contributed by atoms with Crippen LogP contribution in [0.3, 0.4) is 0 Å². The highest BCUT2D eigenvalue weighted by Crippen LogP contribution is 2.08. The van der Waals surface area contributed by atoms with E-state index in [0.29, 0.717) is 12.8 Å². The molecule has 0 fully saturated rings. The molecule has 0 aliphatic carbocycles. The van der Waals surface area contributed by atoms with Crippen LogP contribution in [0.5, 0.6) is 0 Å². The Hall–Kier alpha value is -1.27. The molecule has 3 nitrogen and oxygen atoms in total. The molecule has 0 aromatic heterocycles. The maximum absolute atomic E-state index is 11.1. The molecule has 70 valence electrons. The van der Waals surface area contributed by atoms with Crippen molar-refractivity contribution in [3.05, 3.63) is 12.2 Å². The maximum Gasteiger partial charge on any atom is 0.323 e. The molecule has 2 atom stereocenters. The third kappa shape index (κ3) is 2.60. The number of carbonyl (C=O) groups excluding carboxylic acids is 1. The minimum absolute atomic E-state index is 0.0999. The minimum Gasteiger partial charge on any atom is -0.468 e. The summed E-state index contributed by atoms with van der Waals surface area (Å²) in [5.41, 5.74) is 0. The summed E-state index contributed by atoms with van der Waals surface area (Å²) in [4.78, 5) is 11.1. The van der Waals surface area contributed by atoms with Crippen LogP contribution in [0, 0.1) is 12.3 Å². The molecule has 0 bridgehead atoms. The van der Waals surface area contributed by atoms with Gasteiger partial charge in [-0.1, -0.05) is 12.2 Å². The first kappa shape index (κ1) is 9.82. The van der Waals surface area contributed by atoms with E-state index in [-0.39, 0.29) is 18.1 Å². The second kappa shape index (κ2) is 4.68. The monoisotopic (exact) mass is 179 g/mol. The lowest BCUT2D eigenvalue weighted by molar-refractivity contribution is -0.143. The zero-order valence-corrected chi connectivity index (χ0v) is 7.62. The number of ether oxygens (including phenoxy) is 1. The fourth-order valence-electron chi connectivity index (χ4n) is 1.32. The van der Waals surface area contributed by atoms with Crippen LogP contribution in [0.25, 0.3) is 0 Å². The molecule has 0 radical (unpaired) electrons. The number of nitrogens with one attached hydrogen (secondary N) is 1. The van der Waals surface area contributed by atoms with Crippen molar-refractivity contribution in [1.82, 2.24) is 5.32 Å². The second-order valence-electron chi connectivity index (χ2n) is 2.92. The average Bonchev–Trinajstić information content (AvgIpc) is 2.18. The third-order valence-corrected chi connectivity index (χ3v) is 1.98. The van der Waals surface area contributed by atoms with Crippen LogP contribution in [-0.4, -0.2) is 25.2 Å². The standard InChI is InChI=1S/C10H13NO2/c1-3-5-8-6-4-7-9(11-8)10(12)13-2/h1,4,6,8-9,11H,5,7H2,2H3/t8-,9-/m0/s1. The number of esters is 1. The number of carbonyl (C=O) groups is 1. The van der Waals surface area contributed by atoms with Gasteiger partial charge in [0.25, 0.3) is 0 Å². The van der Waals surface area contributed by atoms with Crippen molar-refractivity contribution < 1.29 is 9.53 Å². The molecular formula is C10H13NO2. The van der Waals surface area contributed by atoms with Gasteiger partial charge >= 0.3 is 5.97 Å². The van der Waals surface area contributed by atoms with Crippen molar-refractivity contribution in [1.29, 1.82) is 0 Å². The minimum atomic E-state index is -0.242. The van der Waals surface area contributed by atoms with Gasteiger partial charge in [0.1, 0.15) is 6.04 Å². The van der Waals surface area contributed by atoms with Crippen LogP contribution in [0.4, 0.5) is 0 Å². The third-order valence-electron chi connectivity index (χ3n) is 1.98. The number of hydrogen-bond donors (Lipinski definition) is 1. The van der Waals surface area contributed by atoms with Crippen LogP contribution in [0.1, 0.15) is 12.8 Å². The van der Waals surface area contributed by atoms with E-state index in [9.17, 15) is 4.79 Å². The summed E-state index contributed by atoms with van der Waals surface area (Å²) in [6.45, 7) is 0. The van der Waals surface area contributed by atoms with E-state index < -0.39 is 0 Å². The fraction of sp³-hybridized carbons (Fsp3) is 0.500. The Balaban J connectivity index is 2.51. The first-order chi connectivity index (χ1) is 6.27. The molecule has 1 heterocycles. The zero-order valence-electron chi connectivity index (χ0n) is 7.62. The predicted octanol–water partition coefficient (Wildman–Crippen LogP) is 0.469. The summed E-state index contributed by atoms with van der Waals surface area (Å²) in [6, 6.07) is -0.142. The summed E-state index contributed by atoms with van der Waals surface area (Å²) in [6.07, 6.45) is 10.4. The molecular weight excluding hydrogens is 166 g/mol. The second-order valence-corrected chi connectivity index (χ2v) is 2.92. The Morgan fingerprint density at radius 1 is 1.85 bits per heavy atom. The first-order valence-electron chi connectivity index (χ1n) is 4.22. The Bertz CT molecular complexity index is 252. The molecule has 1 aliphatic rings. The normalized spacial score (nSPS) is 26.5. The van der Waals surface area contributed by atoms with Crippen LogP contribution in [0.15, 0.2) is 12.2 Å². The van der Waals surface area contributed by atoms with Crippen molar-refractivity contribution >= 4 is 5.97 Å². The molecule has 0 amide bonds. The molecule has 0 aromatic rings. The lowest BCUT2D eigenvalue weighted by Gasteiger charge is -2.23. The van der Waals surface area contributed by atoms with E-state index in [1.165, 1.54) is 7.11 Å². The number of methoxy groups -OCH3 is 1. The fourth-order valence-corrected chi connectivity index (χ4v) is 1.32. The van der Waals surface area contributed by atoms with Gasteiger partial charge < -0.3 is 4.74 Å². The van der Waals surface area contributed by atoms with Crippen molar-refractivity contribution in [2.45, 2.75) is 24.9 Å². The molecule has 0 spiro atoms. The van der Waals surface area contributed by atoms with Gasteiger partial charge in [-0.05, 0) is 6.42 Å². The largest absolute Gasteiger partial charge is 0.468 e. The van der Waals surface area contributed by atoms with Crippen LogP contribution in [0.2, 0.25) is 0 Å². The molecule has 0 unspecified atom stereocenters. The summed E-state index contributed by atoms with van der Waals surface area (Å²) in [5, 5.41) is 3.10. The SMILES string of the molecule is C#CC[C@H]1C=CC[C@@H](C(=O)OC)N1. The predicted molar refractivity (Wildman–Crippen MR) is 49.9 cm³/mol. The highest BCUT2D eigenvalue weighted by Gasteiger charge is 2.22. The molecule has 0 saturated heterocycles. The molecule has 13 heavy (non-hydrogen) atoms. The van der Waals surface area contributed by atoms with E-state index in [1.807, 2.05) is 12.2 Å². The van der Waals surface area contributed by atoms with Crippen molar-refractivity contribution in [3.8, 4) is 12.3 Å². The summed E-state index contributed by atoms with van der Waals surface area (Å²) >= 11 is 0. The van der Waals surface area contributed by atoms with E-state index in [0.717, 1.165) is 0 Å². The van der Waals surface area contributed by atoms with E-state index in [2.05, 4.69) is 16.0 Å². The number of rotatable bonds is 2. The first-order valence-corrected chi connectivity index (χ1v) is 4.22. The highest BCUT2D eigenvalue weighted by molar-refractivity contribution is 5.76. The lowest BCUT2D eigenvalue weighted by Crippen LogP contribution is -2.44. The van der Waals surface area contributed by atoms with Gasteiger partial charge in [0.05, 0.1) is 7.11 Å². The summed E-state index contributed by atoms with van der Waals surface area (Å²) in [5.74, 6) is 2.32. The number of hydrogen-bond acceptors (Lipinski definition) is 3. The van der Waals surface area contributed by atoms with E-state index in [4.69, 9.17) is 6.42 Å². The van der Waals surface area contributed by atoms with Crippen LogP contribution >= 0.6 is 0 Å². The molecule has 0 aromatic carbocycles. The number of terminal acetylenes is 1. The highest BCUT2D eigenvalue weighted by atomic mass is 16.5.